The Balaban J connectivity index is 1.89. The Hall–Kier alpha value is -3.53. The molecule has 4 atom stereocenters. The number of aliphatic hydroxyl groups excluding tert-OH is 1. The van der Waals surface area contributed by atoms with E-state index >= 15 is 0 Å². The fourth-order valence-corrected chi connectivity index (χ4v) is 3.40. The van der Waals surface area contributed by atoms with Crippen molar-refractivity contribution in [1.82, 2.24) is 0 Å². The lowest BCUT2D eigenvalue weighted by Crippen LogP contribution is -2.56. The van der Waals surface area contributed by atoms with E-state index in [4.69, 9.17) is 18.9 Å². The van der Waals surface area contributed by atoms with E-state index in [1.807, 2.05) is 0 Å². The third-order valence-corrected chi connectivity index (χ3v) is 4.60. The molecule has 0 aromatic heterocycles. The van der Waals surface area contributed by atoms with Crippen molar-refractivity contribution in [1.29, 1.82) is 0 Å². The minimum Gasteiger partial charge on any atom is -0.506 e. The van der Waals surface area contributed by atoms with Crippen LogP contribution in [0.15, 0.2) is 34.8 Å². The van der Waals surface area contributed by atoms with Gasteiger partial charge in [0.2, 0.25) is 0 Å². The summed E-state index contributed by atoms with van der Waals surface area (Å²) in [5.41, 5.74) is 0.649. The third kappa shape index (κ3) is 4.80. The van der Waals surface area contributed by atoms with Crippen molar-refractivity contribution in [3.63, 3.8) is 0 Å². The maximum Gasteiger partial charge on any atom is 0.303 e. The lowest BCUT2D eigenvalue weighted by Gasteiger charge is -2.38. The predicted molar refractivity (Wildman–Crippen MR) is 105 cm³/mol. The fraction of sp³-hybridized carbons (Fsp3) is 0.381. The minimum absolute atomic E-state index is 0.0579. The second-order valence-electron chi connectivity index (χ2n) is 6.94. The molecule has 0 spiro atoms. The van der Waals surface area contributed by atoms with E-state index in [0.717, 1.165) is 20.1 Å². The van der Waals surface area contributed by atoms with E-state index in [9.17, 15) is 24.3 Å². The molecule has 0 bridgehead atoms. The van der Waals surface area contributed by atoms with E-state index in [1.165, 1.54) is 6.92 Å². The third-order valence-electron chi connectivity index (χ3n) is 4.60. The maximum atomic E-state index is 12.6. The molecule has 31 heavy (non-hydrogen) atoms. The molecule has 1 aromatic carbocycles. The first-order valence-corrected chi connectivity index (χ1v) is 9.42. The second kappa shape index (κ2) is 9.09. The molecule has 164 valence electrons. The first-order valence-electron chi connectivity index (χ1n) is 9.42. The number of allylic oxidation sites excluding steroid dienone is 1. The van der Waals surface area contributed by atoms with Crippen LogP contribution in [0, 0.1) is 0 Å². The number of carbonyl (C=O) groups is 4. The molecule has 1 heterocycles. The summed E-state index contributed by atoms with van der Waals surface area (Å²) in [4.78, 5) is 51.4. The largest absolute Gasteiger partial charge is 0.506 e. The smallest absolute Gasteiger partial charge is 0.303 e. The first kappa shape index (κ1) is 22.2. The van der Waals surface area contributed by atoms with Crippen LogP contribution in [0.4, 0.5) is 0 Å². The minimum atomic E-state index is -1.25. The normalized spacial score (nSPS) is 25.3. The molecule has 0 amide bonds. The predicted octanol–water partition coefficient (Wildman–Crippen LogP) is 1.37. The number of esters is 3. The van der Waals surface area contributed by atoms with Gasteiger partial charge in [0.25, 0.3) is 0 Å². The molecule has 1 aromatic rings. The standard InChI is InChI=1S/C21H21NO9/c1-10(23)29-16-9-28-21(20(31-12(3)25)19(16)30-11(2)24)22-8-15-17(26)13-6-4-5-7-14(13)18(15)27/h4-8,16,19-21,26H,9H2,1-3H3/b22-8+/t16-,19+,20-,21-/m1/s1. The van der Waals surface area contributed by atoms with Crippen LogP contribution in [0.3, 0.4) is 0 Å². The Morgan fingerprint density at radius 2 is 1.58 bits per heavy atom. The number of ketones is 1. The summed E-state index contributed by atoms with van der Waals surface area (Å²) in [7, 11) is 0. The van der Waals surface area contributed by atoms with Crippen molar-refractivity contribution in [2.24, 2.45) is 4.99 Å². The van der Waals surface area contributed by atoms with Gasteiger partial charge in [0.05, 0.1) is 12.2 Å². The van der Waals surface area contributed by atoms with Crippen LogP contribution in [0.5, 0.6) is 0 Å². The number of Topliss-reactive ketones (excluding diaryl/α,β-unsaturated/α-hetero) is 1. The summed E-state index contributed by atoms with van der Waals surface area (Å²) in [6.07, 6.45) is -3.52. The molecule has 1 N–H and O–H groups in total. The zero-order valence-corrected chi connectivity index (χ0v) is 17.1. The molecule has 2 aliphatic rings. The molecule has 3 rings (SSSR count). The molecular weight excluding hydrogens is 410 g/mol. The van der Waals surface area contributed by atoms with E-state index in [0.29, 0.717) is 11.1 Å². The second-order valence-corrected chi connectivity index (χ2v) is 6.94. The van der Waals surface area contributed by atoms with Gasteiger partial charge in [0.15, 0.2) is 30.3 Å². The molecule has 10 heteroatoms. The van der Waals surface area contributed by atoms with Crippen LogP contribution < -0.4 is 0 Å². The lowest BCUT2D eigenvalue weighted by atomic mass is 10.0. The van der Waals surface area contributed by atoms with Gasteiger partial charge < -0.3 is 24.1 Å². The molecule has 1 fully saturated rings. The summed E-state index contributed by atoms with van der Waals surface area (Å²) < 4.78 is 21.2. The number of fused-ring (bicyclic) bond motifs is 1. The lowest BCUT2D eigenvalue weighted by molar-refractivity contribution is -0.224. The molecule has 0 radical (unpaired) electrons. The molecule has 1 aliphatic carbocycles. The number of rotatable bonds is 5. The summed E-state index contributed by atoms with van der Waals surface area (Å²) >= 11 is 0. The van der Waals surface area contributed by atoms with Gasteiger partial charge in [-0.05, 0) is 0 Å². The number of aliphatic hydroxyl groups is 1. The molecule has 1 saturated heterocycles. The van der Waals surface area contributed by atoms with Gasteiger partial charge in [0.1, 0.15) is 5.76 Å². The summed E-state index contributed by atoms with van der Waals surface area (Å²) in [5, 5.41) is 10.4. The van der Waals surface area contributed by atoms with Crippen molar-refractivity contribution >= 4 is 35.7 Å². The van der Waals surface area contributed by atoms with E-state index in [-0.39, 0.29) is 17.9 Å². The van der Waals surface area contributed by atoms with Crippen LogP contribution in [0.2, 0.25) is 0 Å². The van der Waals surface area contributed by atoms with Gasteiger partial charge >= 0.3 is 17.9 Å². The Kier molecular flexibility index (Phi) is 6.50. The zero-order chi connectivity index (χ0) is 22.7. The highest BCUT2D eigenvalue weighted by Gasteiger charge is 2.47. The van der Waals surface area contributed by atoms with Crippen LogP contribution in [0.1, 0.15) is 36.7 Å². The Morgan fingerprint density at radius 3 is 2.16 bits per heavy atom. The zero-order valence-electron chi connectivity index (χ0n) is 17.1. The summed E-state index contributed by atoms with van der Waals surface area (Å²) in [6.45, 7) is 3.28. The van der Waals surface area contributed by atoms with Crippen molar-refractivity contribution in [2.45, 2.75) is 45.3 Å². The number of hydrogen-bond donors (Lipinski definition) is 1. The number of hydrogen-bond acceptors (Lipinski definition) is 10. The highest BCUT2D eigenvalue weighted by atomic mass is 16.6. The van der Waals surface area contributed by atoms with E-state index < -0.39 is 48.2 Å². The molecule has 10 nitrogen and oxygen atoms in total. The van der Waals surface area contributed by atoms with Gasteiger partial charge in [-0.15, -0.1) is 0 Å². The summed E-state index contributed by atoms with van der Waals surface area (Å²) in [6, 6.07) is 6.53. The van der Waals surface area contributed by atoms with Crippen molar-refractivity contribution in [3.8, 4) is 0 Å². The number of carbonyl (C=O) groups excluding carboxylic acids is 4. The molecular formula is C21H21NO9. The van der Waals surface area contributed by atoms with Crippen LogP contribution in [-0.4, -0.2) is 66.2 Å². The summed E-state index contributed by atoms with van der Waals surface area (Å²) in [5.74, 6) is -2.70. The Bertz CT molecular complexity index is 981. The highest BCUT2D eigenvalue weighted by molar-refractivity contribution is 6.30. The Labute approximate surface area is 177 Å². The van der Waals surface area contributed by atoms with Crippen LogP contribution in [-0.2, 0) is 33.3 Å². The number of benzene rings is 1. The van der Waals surface area contributed by atoms with Crippen molar-refractivity contribution in [2.75, 3.05) is 6.61 Å². The monoisotopic (exact) mass is 431 g/mol. The van der Waals surface area contributed by atoms with Crippen LogP contribution >= 0.6 is 0 Å². The number of aliphatic imine (C=N–C) groups is 1. The topological polar surface area (TPSA) is 138 Å². The quantitative estimate of drug-likeness (QED) is 0.416. The highest BCUT2D eigenvalue weighted by Crippen LogP contribution is 2.31. The van der Waals surface area contributed by atoms with Gasteiger partial charge in [-0.3, -0.25) is 24.2 Å². The van der Waals surface area contributed by atoms with Gasteiger partial charge in [0, 0.05) is 38.1 Å². The molecule has 1 aliphatic heterocycles. The first-order chi connectivity index (χ1) is 14.7. The maximum absolute atomic E-state index is 12.6. The van der Waals surface area contributed by atoms with Crippen LogP contribution in [0.25, 0.3) is 5.76 Å². The molecule has 0 unspecified atom stereocenters. The van der Waals surface area contributed by atoms with Crippen molar-refractivity contribution in [3.05, 3.63) is 41.0 Å². The average Bonchev–Trinajstić information content (AvgIpc) is 2.93. The average molecular weight is 431 g/mol. The van der Waals surface area contributed by atoms with E-state index in [1.54, 1.807) is 24.3 Å². The van der Waals surface area contributed by atoms with Gasteiger partial charge in [-0.1, -0.05) is 24.3 Å². The van der Waals surface area contributed by atoms with Gasteiger partial charge in [-0.2, -0.15) is 0 Å². The molecule has 0 saturated carbocycles. The fourth-order valence-electron chi connectivity index (χ4n) is 3.40. The van der Waals surface area contributed by atoms with Gasteiger partial charge in [-0.25, -0.2) is 0 Å². The number of ether oxygens (including phenoxy) is 4. The SMILES string of the molecule is CC(=O)O[C@@H]1[C@@H](OC(C)=O)[C@H](OC(C)=O)CO[C@H]1/N=C/C1=C(O)c2ccccc2C1=O. The van der Waals surface area contributed by atoms with E-state index in [2.05, 4.69) is 4.99 Å². The van der Waals surface area contributed by atoms with Crippen molar-refractivity contribution < 1.29 is 43.2 Å². The number of nitrogens with zero attached hydrogens (tertiary/aromatic N) is 1. The Morgan fingerprint density at radius 1 is 1.00 bits per heavy atom.